The van der Waals surface area contributed by atoms with Crippen LogP contribution in [0.15, 0.2) is 59.7 Å². The fraction of sp³-hybridized carbons (Fsp3) is 0.375. The smallest absolute Gasteiger partial charge is 0.259 e. The molecule has 1 aliphatic heterocycles. The predicted molar refractivity (Wildman–Crippen MR) is 163 cm³/mol. The van der Waals surface area contributed by atoms with Gasteiger partial charge >= 0.3 is 0 Å². The summed E-state index contributed by atoms with van der Waals surface area (Å²) in [5.41, 5.74) is 2.57. The van der Waals surface area contributed by atoms with Crippen molar-refractivity contribution >= 4 is 39.7 Å². The number of carbonyl (C=O) groups excluding carboxylic acids is 1. The van der Waals surface area contributed by atoms with E-state index in [1.165, 1.54) is 12.3 Å². The van der Waals surface area contributed by atoms with E-state index in [1.54, 1.807) is 30.5 Å². The fourth-order valence-corrected chi connectivity index (χ4v) is 6.10. The van der Waals surface area contributed by atoms with E-state index in [0.29, 0.717) is 47.0 Å². The first kappa shape index (κ1) is 27.8. The number of halogens is 1. The van der Waals surface area contributed by atoms with E-state index in [9.17, 15) is 9.59 Å². The van der Waals surface area contributed by atoms with Crippen molar-refractivity contribution in [1.29, 1.82) is 0 Å². The molecule has 0 radical (unpaired) electrons. The Morgan fingerprint density at radius 3 is 2.55 bits per heavy atom. The molecule has 2 atom stereocenters. The first-order valence-electron chi connectivity index (χ1n) is 14.6. The Bertz CT molecular complexity index is 1640. The van der Waals surface area contributed by atoms with Crippen molar-refractivity contribution in [2.75, 3.05) is 28.7 Å². The fourth-order valence-electron chi connectivity index (χ4n) is 6.10. The van der Waals surface area contributed by atoms with Gasteiger partial charge in [0, 0.05) is 35.4 Å². The van der Waals surface area contributed by atoms with Gasteiger partial charge in [0.25, 0.3) is 5.56 Å². The Hall–Kier alpha value is -4.31. The summed E-state index contributed by atoms with van der Waals surface area (Å²) in [6, 6.07) is 12.2. The minimum Gasteiger partial charge on any atom is -0.377 e. The van der Waals surface area contributed by atoms with Gasteiger partial charge in [0.05, 0.1) is 47.4 Å². The molecule has 10 heteroatoms. The van der Waals surface area contributed by atoms with Crippen molar-refractivity contribution in [3.63, 3.8) is 0 Å². The number of H-pyrrole nitrogens is 1. The lowest BCUT2D eigenvalue weighted by Crippen LogP contribution is -2.49. The monoisotopic (exact) mass is 570 g/mol. The van der Waals surface area contributed by atoms with Gasteiger partial charge in [0.2, 0.25) is 5.91 Å². The molecule has 218 valence electrons. The van der Waals surface area contributed by atoms with Crippen LogP contribution in [-0.4, -0.2) is 46.2 Å². The number of benzene rings is 1. The quantitative estimate of drug-likeness (QED) is 0.261. The van der Waals surface area contributed by atoms with E-state index in [0.717, 1.165) is 37.8 Å². The maximum Gasteiger partial charge on any atom is 0.259 e. The Labute approximate surface area is 243 Å². The van der Waals surface area contributed by atoms with Gasteiger partial charge in [0.1, 0.15) is 11.6 Å². The van der Waals surface area contributed by atoms with Crippen LogP contribution in [0.25, 0.3) is 22.2 Å². The number of morpholine rings is 1. The number of carbonyl (C=O) groups is 1. The summed E-state index contributed by atoms with van der Waals surface area (Å²) >= 11 is 0. The van der Waals surface area contributed by atoms with Gasteiger partial charge in [-0.3, -0.25) is 9.59 Å². The second-order valence-corrected chi connectivity index (χ2v) is 11.3. The maximum absolute atomic E-state index is 15.4. The molecule has 1 aromatic carbocycles. The average Bonchev–Trinajstić information content (AvgIpc) is 2.98. The number of aromatic nitrogens is 3. The normalized spacial score (nSPS) is 19.5. The van der Waals surface area contributed by atoms with E-state index in [2.05, 4.69) is 44.3 Å². The lowest BCUT2D eigenvalue weighted by molar-refractivity contribution is -0.120. The molecule has 0 unspecified atom stereocenters. The maximum atomic E-state index is 15.4. The second kappa shape index (κ2) is 11.9. The standard InChI is InChI=1S/C32H35FN6O3/c1-19-17-42-18-20(2)39(19)23-9-11-29(35-16-23)38-28-15-27(37-26-12-13-34-32(41)30(26)28)24-10-8-22(14-25(24)33)36-31(40)21-6-4-3-5-7-21/h8-16,19-21H,3-7,17-18H2,1-2H3,(H,34,41)(H,36,40)(H,35,37,38)/t19-,20-/m1/s1. The van der Waals surface area contributed by atoms with Gasteiger partial charge in [-0.15, -0.1) is 0 Å². The third-order valence-corrected chi connectivity index (χ3v) is 8.20. The van der Waals surface area contributed by atoms with E-state index < -0.39 is 5.82 Å². The van der Waals surface area contributed by atoms with Crippen LogP contribution in [0.1, 0.15) is 46.0 Å². The largest absolute Gasteiger partial charge is 0.377 e. The zero-order chi connectivity index (χ0) is 29.2. The molecule has 6 rings (SSSR count). The lowest BCUT2D eigenvalue weighted by atomic mass is 9.88. The molecule has 0 spiro atoms. The molecule has 2 fully saturated rings. The van der Waals surface area contributed by atoms with E-state index in [-0.39, 0.29) is 35.0 Å². The van der Waals surface area contributed by atoms with Crippen molar-refractivity contribution in [3.05, 3.63) is 71.0 Å². The molecule has 0 bridgehead atoms. The number of nitrogens with one attached hydrogen (secondary N) is 3. The van der Waals surface area contributed by atoms with Gasteiger partial charge in [0.15, 0.2) is 0 Å². The van der Waals surface area contributed by atoms with E-state index in [4.69, 9.17) is 4.74 Å². The van der Waals surface area contributed by atoms with Crippen molar-refractivity contribution in [2.24, 2.45) is 5.92 Å². The third kappa shape index (κ3) is 5.72. The molecule has 3 aromatic heterocycles. The number of ether oxygens (including phenoxy) is 1. The van der Waals surface area contributed by atoms with Crippen LogP contribution in [0.3, 0.4) is 0 Å². The predicted octanol–water partition coefficient (Wildman–Crippen LogP) is 6.00. The number of aromatic amines is 1. The van der Waals surface area contributed by atoms with Crippen molar-refractivity contribution in [2.45, 2.75) is 58.0 Å². The van der Waals surface area contributed by atoms with Crippen LogP contribution in [-0.2, 0) is 9.53 Å². The molecule has 9 nitrogen and oxygen atoms in total. The molecule has 1 aliphatic carbocycles. The van der Waals surface area contributed by atoms with Crippen molar-refractivity contribution in [1.82, 2.24) is 15.0 Å². The summed E-state index contributed by atoms with van der Waals surface area (Å²) in [6.07, 6.45) is 8.30. The van der Waals surface area contributed by atoms with E-state index >= 15 is 4.39 Å². The number of hydrogen-bond donors (Lipinski definition) is 3. The molecule has 3 N–H and O–H groups in total. The number of nitrogens with zero attached hydrogens (tertiary/aromatic N) is 3. The highest BCUT2D eigenvalue weighted by Gasteiger charge is 2.26. The summed E-state index contributed by atoms with van der Waals surface area (Å²) in [4.78, 5) is 39.7. The van der Waals surface area contributed by atoms with Crippen molar-refractivity contribution in [3.8, 4) is 11.3 Å². The third-order valence-electron chi connectivity index (χ3n) is 8.20. The second-order valence-electron chi connectivity index (χ2n) is 11.3. The van der Waals surface area contributed by atoms with Gasteiger partial charge < -0.3 is 25.3 Å². The minimum absolute atomic E-state index is 0.0290. The summed E-state index contributed by atoms with van der Waals surface area (Å²) in [6.45, 7) is 5.55. The number of anilines is 4. The number of pyridine rings is 3. The summed E-state index contributed by atoms with van der Waals surface area (Å²) < 4.78 is 21.1. The Morgan fingerprint density at radius 1 is 1.05 bits per heavy atom. The highest BCUT2D eigenvalue weighted by molar-refractivity contribution is 5.95. The number of hydrogen-bond acceptors (Lipinski definition) is 7. The van der Waals surface area contributed by atoms with Gasteiger partial charge in [-0.25, -0.2) is 14.4 Å². The van der Waals surface area contributed by atoms with Gasteiger partial charge in [-0.05, 0) is 69.2 Å². The number of amides is 1. The first-order valence-corrected chi connectivity index (χ1v) is 14.6. The zero-order valence-corrected chi connectivity index (χ0v) is 23.8. The molecule has 1 saturated carbocycles. The Morgan fingerprint density at radius 2 is 1.83 bits per heavy atom. The highest BCUT2D eigenvalue weighted by Crippen LogP contribution is 2.32. The number of rotatable bonds is 6. The number of fused-ring (bicyclic) bond motifs is 1. The molecular formula is C32H35FN6O3. The van der Waals surface area contributed by atoms with Crippen LogP contribution < -0.4 is 21.1 Å². The van der Waals surface area contributed by atoms with Crippen LogP contribution in [0.5, 0.6) is 0 Å². The van der Waals surface area contributed by atoms with Crippen LogP contribution in [0, 0.1) is 11.7 Å². The zero-order valence-electron chi connectivity index (χ0n) is 23.8. The molecule has 2 aliphatic rings. The minimum atomic E-state index is -0.518. The van der Waals surface area contributed by atoms with Gasteiger partial charge in [-0.2, -0.15) is 0 Å². The Balaban J connectivity index is 1.28. The summed E-state index contributed by atoms with van der Waals surface area (Å²) in [7, 11) is 0. The van der Waals surface area contributed by atoms with Crippen LogP contribution in [0.2, 0.25) is 0 Å². The molecule has 42 heavy (non-hydrogen) atoms. The summed E-state index contributed by atoms with van der Waals surface area (Å²) in [5.74, 6) is -0.0725. The topological polar surface area (TPSA) is 112 Å². The molecule has 1 saturated heterocycles. The first-order chi connectivity index (χ1) is 20.4. The van der Waals surface area contributed by atoms with Crippen LogP contribution >= 0.6 is 0 Å². The molecule has 4 heterocycles. The highest BCUT2D eigenvalue weighted by atomic mass is 19.1. The van der Waals surface area contributed by atoms with Crippen molar-refractivity contribution < 1.29 is 13.9 Å². The molecular weight excluding hydrogens is 535 g/mol. The lowest BCUT2D eigenvalue weighted by Gasteiger charge is -2.40. The molecule has 1 amide bonds. The average molecular weight is 571 g/mol. The SMILES string of the molecule is C[C@@H]1COC[C@@H](C)N1c1ccc(Nc2cc(-c3ccc(NC(=O)C4CCCCC4)cc3F)nc3cc[nH]c(=O)c23)nc1. The Kier molecular flexibility index (Phi) is 7.88. The van der Waals surface area contributed by atoms with Gasteiger partial charge in [-0.1, -0.05) is 19.3 Å². The van der Waals surface area contributed by atoms with Crippen LogP contribution in [0.4, 0.5) is 27.3 Å². The molecule has 4 aromatic rings. The summed E-state index contributed by atoms with van der Waals surface area (Å²) in [5, 5.41) is 6.47. The van der Waals surface area contributed by atoms with E-state index in [1.807, 2.05) is 12.1 Å².